The lowest BCUT2D eigenvalue weighted by Crippen LogP contribution is -2.51. The Hall–Kier alpha value is -1.06. The number of carbonyl (C=O) groups excluding carboxylic acids is 1. The van der Waals surface area contributed by atoms with Crippen molar-refractivity contribution in [2.45, 2.75) is 38.6 Å². The second-order valence-corrected chi connectivity index (χ2v) is 6.81. The molecular weight excluding hydrogens is 272 g/mol. The molecule has 1 amide bonds. The molecule has 0 aliphatic heterocycles. The summed E-state index contributed by atoms with van der Waals surface area (Å²) in [6, 6.07) is 6.30. The number of amides is 1. The molecular formula is C16H24ClN2O+. The predicted molar refractivity (Wildman–Crippen MR) is 84.1 cm³/mol. The van der Waals surface area contributed by atoms with Gasteiger partial charge in [0.15, 0.2) is 6.54 Å². The summed E-state index contributed by atoms with van der Waals surface area (Å²) in [6.07, 6.45) is 5.03. The maximum atomic E-state index is 12.2. The monoisotopic (exact) mass is 295 g/mol. The summed E-state index contributed by atoms with van der Waals surface area (Å²) in [6.45, 7) is 2.48. The summed E-state index contributed by atoms with van der Waals surface area (Å²) in [5.41, 5.74) is 1.80. The molecule has 0 unspecified atom stereocenters. The quantitative estimate of drug-likeness (QED) is 0.845. The number of anilines is 1. The van der Waals surface area contributed by atoms with E-state index >= 15 is 0 Å². The summed E-state index contributed by atoms with van der Waals surface area (Å²) in [4.78, 5) is 12.2. The van der Waals surface area contributed by atoms with Crippen LogP contribution >= 0.6 is 11.6 Å². The number of hydrogen-bond donors (Lipinski definition) is 1. The minimum atomic E-state index is 0.0349. The molecule has 20 heavy (non-hydrogen) atoms. The number of halogens is 1. The summed E-state index contributed by atoms with van der Waals surface area (Å²) in [5, 5.41) is 3.53. The summed E-state index contributed by atoms with van der Waals surface area (Å²) >= 11 is 6.15. The molecule has 1 aliphatic rings. The Labute approximate surface area is 126 Å². The molecule has 0 atom stereocenters. The number of rotatable bonds is 4. The van der Waals surface area contributed by atoms with E-state index in [1.54, 1.807) is 0 Å². The Kier molecular flexibility index (Phi) is 4.71. The van der Waals surface area contributed by atoms with Crippen LogP contribution in [0, 0.1) is 6.92 Å². The third-order valence-electron chi connectivity index (χ3n) is 4.26. The summed E-state index contributed by atoms with van der Waals surface area (Å²) in [5.74, 6) is 0.0349. The number of benzene rings is 1. The molecule has 1 aliphatic carbocycles. The minimum absolute atomic E-state index is 0.0349. The van der Waals surface area contributed by atoms with E-state index in [4.69, 9.17) is 11.6 Å². The highest BCUT2D eigenvalue weighted by atomic mass is 35.5. The molecule has 1 aromatic rings. The van der Waals surface area contributed by atoms with Crippen LogP contribution in [0.2, 0.25) is 5.02 Å². The maximum Gasteiger partial charge on any atom is 0.279 e. The van der Waals surface area contributed by atoms with Crippen molar-refractivity contribution in [3.05, 3.63) is 28.8 Å². The zero-order valence-electron chi connectivity index (χ0n) is 12.6. The molecule has 1 fully saturated rings. The lowest BCUT2D eigenvalue weighted by atomic mass is 10.2. The summed E-state index contributed by atoms with van der Waals surface area (Å²) < 4.78 is 0.759. The van der Waals surface area contributed by atoms with Gasteiger partial charge in [-0.2, -0.15) is 0 Å². The first-order valence-corrected chi connectivity index (χ1v) is 7.65. The number of likely N-dealkylation sites (N-methyl/N-ethyl adjacent to an activating group) is 1. The normalized spacial score (nSPS) is 16.4. The molecule has 1 N–H and O–H groups in total. The van der Waals surface area contributed by atoms with Crippen LogP contribution in [0.15, 0.2) is 18.2 Å². The van der Waals surface area contributed by atoms with E-state index in [9.17, 15) is 4.79 Å². The van der Waals surface area contributed by atoms with Gasteiger partial charge in [0, 0.05) is 0 Å². The van der Waals surface area contributed by atoms with Crippen LogP contribution in [-0.4, -0.2) is 37.1 Å². The lowest BCUT2D eigenvalue weighted by Gasteiger charge is -2.35. The van der Waals surface area contributed by atoms with Crippen LogP contribution in [0.25, 0.3) is 0 Å². The molecule has 0 saturated heterocycles. The minimum Gasteiger partial charge on any atom is -0.320 e. The standard InChI is InChI=1S/C16H23ClN2O/c1-12-8-9-15(14(17)10-12)18-16(20)11-19(2,3)13-6-4-5-7-13/h8-10,13H,4-7,11H2,1-3H3/p+1. The number of nitrogens with zero attached hydrogens (tertiary/aromatic N) is 1. The van der Waals surface area contributed by atoms with Gasteiger partial charge in [-0.15, -0.1) is 0 Å². The fraction of sp³-hybridized carbons (Fsp3) is 0.562. The van der Waals surface area contributed by atoms with Crippen molar-refractivity contribution in [2.24, 2.45) is 0 Å². The van der Waals surface area contributed by atoms with Crippen LogP contribution in [-0.2, 0) is 4.79 Å². The fourth-order valence-corrected chi connectivity index (χ4v) is 3.30. The Morgan fingerprint density at radius 1 is 1.35 bits per heavy atom. The Balaban J connectivity index is 1.98. The average molecular weight is 296 g/mol. The highest BCUT2D eigenvalue weighted by Crippen LogP contribution is 2.27. The number of carbonyl (C=O) groups is 1. The van der Waals surface area contributed by atoms with Crippen LogP contribution in [0.4, 0.5) is 5.69 Å². The van der Waals surface area contributed by atoms with Crippen molar-refractivity contribution >= 4 is 23.2 Å². The molecule has 4 heteroatoms. The van der Waals surface area contributed by atoms with Gasteiger partial charge >= 0.3 is 0 Å². The topological polar surface area (TPSA) is 29.1 Å². The predicted octanol–water partition coefficient (Wildman–Crippen LogP) is 3.61. The molecule has 1 aromatic carbocycles. The van der Waals surface area contributed by atoms with E-state index in [0.29, 0.717) is 23.3 Å². The third-order valence-corrected chi connectivity index (χ3v) is 4.58. The second-order valence-electron chi connectivity index (χ2n) is 6.41. The van der Waals surface area contributed by atoms with Crippen molar-refractivity contribution in [3.8, 4) is 0 Å². The number of aryl methyl sites for hydroxylation is 1. The van der Waals surface area contributed by atoms with E-state index in [1.165, 1.54) is 25.7 Å². The number of hydrogen-bond acceptors (Lipinski definition) is 1. The van der Waals surface area contributed by atoms with Crippen molar-refractivity contribution in [2.75, 3.05) is 26.0 Å². The van der Waals surface area contributed by atoms with E-state index in [0.717, 1.165) is 10.0 Å². The zero-order chi connectivity index (χ0) is 14.8. The lowest BCUT2D eigenvalue weighted by molar-refractivity contribution is -0.906. The van der Waals surface area contributed by atoms with Crippen LogP contribution in [0.5, 0.6) is 0 Å². The Morgan fingerprint density at radius 2 is 2.00 bits per heavy atom. The smallest absolute Gasteiger partial charge is 0.279 e. The molecule has 1 saturated carbocycles. The van der Waals surface area contributed by atoms with E-state index < -0.39 is 0 Å². The average Bonchev–Trinajstić information content (AvgIpc) is 2.86. The molecule has 110 valence electrons. The molecule has 2 rings (SSSR count). The van der Waals surface area contributed by atoms with Gasteiger partial charge in [0.25, 0.3) is 5.91 Å². The van der Waals surface area contributed by atoms with Crippen molar-refractivity contribution in [1.82, 2.24) is 0 Å². The first-order valence-electron chi connectivity index (χ1n) is 7.27. The largest absolute Gasteiger partial charge is 0.320 e. The fourth-order valence-electron chi connectivity index (χ4n) is 3.01. The van der Waals surface area contributed by atoms with Gasteiger partial charge in [-0.25, -0.2) is 0 Å². The molecule has 0 heterocycles. The number of nitrogens with one attached hydrogen (secondary N) is 1. The number of quaternary nitrogens is 1. The second kappa shape index (κ2) is 6.15. The molecule has 0 radical (unpaired) electrons. The Morgan fingerprint density at radius 3 is 2.60 bits per heavy atom. The van der Waals surface area contributed by atoms with Gasteiger partial charge in [-0.05, 0) is 50.3 Å². The first-order chi connectivity index (χ1) is 9.38. The third kappa shape index (κ3) is 3.74. The van der Waals surface area contributed by atoms with Crippen LogP contribution < -0.4 is 5.32 Å². The van der Waals surface area contributed by atoms with Gasteiger partial charge in [0.1, 0.15) is 0 Å². The molecule has 3 nitrogen and oxygen atoms in total. The Bertz CT molecular complexity index is 493. The van der Waals surface area contributed by atoms with Gasteiger partial charge in [0.2, 0.25) is 0 Å². The van der Waals surface area contributed by atoms with Gasteiger partial charge in [0.05, 0.1) is 30.8 Å². The summed E-state index contributed by atoms with van der Waals surface area (Å²) in [7, 11) is 4.29. The van der Waals surface area contributed by atoms with Gasteiger partial charge in [-0.3, -0.25) is 4.79 Å². The van der Waals surface area contributed by atoms with Gasteiger partial charge in [-0.1, -0.05) is 17.7 Å². The van der Waals surface area contributed by atoms with E-state index in [1.807, 2.05) is 25.1 Å². The van der Waals surface area contributed by atoms with Crippen molar-refractivity contribution in [1.29, 1.82) is 0 Å². The van der Waals surface area contributed by atoms with Crippen molar-refractivity contribution in [3.63, 3.8) is 0 Å². The maximum absolute atomic E-state index is 12.2. The van der Waals surface area contributed by atoms with E-state index in [-0.39, 0.29) is 5.91 Å². The molecule has 0 aromatic heterocycles. The van der Waals surface area contributed by atoms with Gasteiger partial charge < -0.3 is 9.80 Å². The van der Waals surface area contributed by atoms with Crippen LogP contribution in [0.3, 0.4) is 0 Å². The molecule has 0 bridgehead atoms. The van der Waals surface area contributed by atoms with E-state index in [2.05, 4.69) is 19.4 Å². The van der Waals surface area contributed by atoms with Crippen molar-refractivity contribution < 1.29 is 9.28 Å². The SMILES string of the molecule is Cc1ccc(NC(=O)C[N+](C)(C)C2CCCC2)c(Cl)c1. The zero-order valence-corrected chi connectivity index (χ0v) is 13.3. The first kappa shape index (κ1) is 15.3. The molecule has 0 spiro atoms. The van der Waals surface area contributed by atoms with Crippen LogP contribution in [0.1, 0.15) is 31.2 Å². The highest BCUT2D eigenvalue weighted by Gasteiger charge is 2.33. The highest BCUT2D eigenvalue weighted by molar-refractivity contribution is 6.33.